The Bertz CT molecular complexity index is 302. The highest BCUT2D eigenvalue weighted by Crippen LogP contribution is 2.33. The van der Waals surface area contributed by atoms with Gasteiger partial charge in [-0.1, -0.05) is 25.7 Å². The Morgan fingerprint density at radius 2 is 2.20 bits per heavy atom. The minimum absolute atomic E-state index is 0.449. The Morgan fingerprint density at radius 3 is 2.80 bits per heavy atom. The Labute approximate surface area is 98.8 Å². The molecule has 1 atom stereocenters. The predicted molar refractivity (Wildman–Crippen MR) is 62.6 cm³/mol. The maximum absolute atomic E-state index is 9.93. The topological polar surface area (TPSA) is 33.4 Å². The molecule has 84 valence electrons. The molecule has 0 radical (unpaired) electrons. The predicted octanol–water partition coefficient (Wildman–Crippen LogP) is 4.05. The molecule has 2 rings (SSSR count). The lowest BCUT2D eigenvalue weighted by atomic mass is 9.99. The first-order chi connectivity index (χ1) is 7.27. The first-order valence-electron chi connectivity index (χ1n) is 5.68. The van der Waals surface area contributed by atoms with E-state index in [1.807, 2.05) is 6.07 Å². The molecule has 1 unspecified atom stereocenters. The summed E-state index contributed by atoms with van der Waals surface area (Å²) in [6, 6.07) is 1.83. The number of aliphatic hydroxyl groups is 1. The number of hydrogen-bond acceptors (Lipinski definition) is 2. The molecule has 1 aliphatic carbocycles. The maximum Gasteiger partial charge on any atom is 0.146 e. The summed E-state index contributed by atoms with van der Waals surface area (Å²) < 4.78 is 6.12. The fourth-order valence-corrected chi connectivity index (χ4v) is 2.83. The van der Waals surface area contributed by atoms with Gasteiger partial charge >= 0.3 is 0 Å². The number of aliphatic hydroxyl groups excluding tert-OH is 1. The fourth-order valence-electron chi connectivity index (χ4n) is 2.37. The molecule has 0 amide bonds. The van der Waals surface area contributed by atoms with E-state index in [2.05, 4.69) is 15.9 Å². The van der Waals surface area contributed by atoms with Gasteiger partial charge in [0.05, 0.1) is 10.7 Å². The molecule has 1 fully saturated rings. The minimum atomic E-state index is -0.449. The Balaban J connectivity index is 1.81. The average molecular weight is 273 g/mol. The summed E-state index contributed by atoms with van der Waals surface area (Å²) in [7, 11) is 0. The monoisotopic (exact) mass is 272 g/mol. The lowest BCUT2D eigenvalue weighted by Crippen LogP contribution is -2.01. The SMILES string of the molecule is OC(CCC1CCCC1)c1occc1Br. The number of halogens is 1. The van der Waals surface area contributed by atoms with Crippen LogP contribution in [0.5, 0.6) is 0 Å². The van der Waals surface area contributed by atoms with Crippen LogP contribution in [0.25, 0.3) is 0 Å². The van der Waals surface area contributed by atoms with Crippen LogP contribution in [-0.2, 0) is 0 Å². The molecule has 0 aromatic carbocycles. The van der Waals surface area contributed by atoms with Gasteiger partial charge in [-0.25, -0.2) is 0 Å². The second-order valence-electron chi connectivity index (χ2n) is 4.38. The Kier molecular flexibility index (Phi) is 3.87. The molecule has 1 aliphatic rings. The molecule has 0 spiro atoms. The van der Waals surface area contributed by atoms with E-state index < -0.39 is 6.10 Å². The van der Waals surface area contributed by atoms with E-state index >= 15 is 0 Å². The Hall–Kier alpha value is -0.280. The first-order valence-corrected chi connectivity index (χ1v) is 6.47. The summed E-state index contributed by atoms with van der Waals surface area (Å²) in [6.07, 6.45) is 8.51. The van der Waals surface area contributed by atoms with Crippen molar-refractivity contribution in [2.45, 2.75) is 44.6 Å². The smallest absolute Gasteiger partial charge is 0.146 e. The van der Waals surface area contributed by atoms with Gasteiger partial charge in [-0.3, -0.25) is 0 Å². The van der Waals surface area contributed by atoms with Crippen LogP contribution in [0.3, 0.4) is 0 Å². The lowest BCUT2D eigenvalue weighted by molar-refractivity contribution is 0.130. The van der Waals surface area contributed by atoms with Crippen LogP contribution in [0.2, 0.25) is 0 Å². The van der Waals surface area contributed by atoms with E-state index in [1.54, 1.807) is 6.26 Å². The van der Waals surface area contributed by atoms with Gasteiger partial charge in [0.2, 0.25) is 0 Å². The van der Waals surface area contributed by atoms with E-state index in [1.165, 1.54) is 25.7 Å². The van der Waals surface area contributed by atoms with Crippen molar-refractivity contribution < 1.29 is 9.52 Å². The first kappa shape index (κ1) is 11.2. The van der Waals surface area contributed by atoms with Gasteiger partial charge < -0.3 is 9.52 Å². The van der Waals surface area contributed by atoms with Gasteiger partial charge in [0.25, 0.3) is 0 Å². The number of hydrogen-bond donors (Lipinski definition) is 1. The molecule has 0 saturated heterocycles. The van der Waals surface area contributed by atoms with Crippen molar-refractivity contribution >= 4 is 15.9 Å². The molecule has 3 heteroatoms. The van der Waals surface area contributed by atoms with Crippen LogP contribution in [-0.4, -0.2) is 5.11 Å². The van der Waals surface area contributed by atoms with Crippen molar-refractivity contribution in [2.24, 2.45) is 5.92 Å². The zero-order valence-electron chi connectivity index (χ0n) is 8.79. The van der Waals surface area contributed by atoms with Crippen LogP contribution < -0.4 is 0 Å². The van der Waals surface area contributed by atoms with Crippen molar-refractivity contribution in [3.05, 3.63) is 22.6 Å². The van der Waals surface area contributed by atoms with Gasteiger partial charge in [0.1, 0.15) is 11.9 Å². The zero-order chi connectivity index (χ0) is 10.7. The van der Waals surface area contributed by atoms with Crippen LogP contribution in [0.1, 0.15) is 50.4 Å². The summed E-state index contributed by atoms with van der Waals surface area (Å²) in [4.78, 5) is 0. The molecular formula is C12H17BrO2. The number of rotatable bonds is 4. The molecule has 2 nitrogen and oxygen atoms in total. The summed E-state index contributed by atoms with van der Waals surface area (Å²) in [6.45, 7) is 0. The summed E-state index contributed by atoms with van der Waals surface area (Å²) in [5, 5.41) is 9.93. The van der Waals surface area contributed by atoms with Crippen LogP contribution in [0.4, 0.5) is 0 Å². The summed E-state index contributed by atoms with van der Waals surface area (Å²) in [5.41, 5.74) is 0. The highest BCUT2D eigenvalue weighted by Gasteiger charge is 2.19. The number of furan rings is 1. The molecular weight excluding hydrogens is 256 g/mol. The van der Waals surface area contributed by atoms with Crippen molar-refractivity contribution in [1.29, 1.82) is 0 Å². The molecule has 1 N–H and O–H groups in total. The lowest BCUT2D eigenvalue weighted by Gasteiger charge is -2.12. The van der Waals surface area contributed by atoms with Crippen molar-refractivity contribution in [3.63, 3.8) is 0 Å². The minimum Gasteiger partial charge on any atom is -0.465 e. The molecule has 0 aliphatic heterocycles. The molecule has 1 aromatic rings. The highest BCUT2D eigenvalue weighted by molar-refractivity contribution is 9.10. The average Bonchev–Trinajstić information content (AvgIpc) is 2.84. The van der Waals surface area contributed by atoms with E-state index in [-0.39, 0.29) is 0 Å². The van der Waals surface area contributed by atoms with E-state index in [0.29, 0.717) is 5.76 Å². The fraction of sp³-hybridized carbons (Fsp3) is 0.667. The summed E-state index contributed by atoms with van der Waals surface area (Å²) >= 11 is 3.37. The second kappa shape index (κ2) is 5.17. The zero-order valence-corrected chi connectivity index (χ0v) is 10.4. The second-order valence-corrected chi connectivity index (χ2v) is 5.23. The van der Waals surface area contributed by atoms with Gasteiger partial charge in [0.15, 0.2) is 0 Å². The third kappa shape index (κ3) is 2.85. The third-order valence-electron chi connectivity index (χ3n) is 3.27. The largest absolute Gasteiger partial charge is 0.465 e. The van der Waals surface area contributed by atoms with Crippen molar-refractivity contribution in [1.82, 2.24) is 0 Å². The van der Waals surface area contributed by atoms with Gasteiger partial charge in [-0.15, -0.1) is 0 Å². The van der Waals surface area contributed by atoms with E-state index in [0.717, 1.165) is 23.2 Å². The Morgan fingerprint density at radius 1 is 1.47 bits per heavy atom. The maximum atomic E-state index is 9.93. The normalized spacial score (nSPS) is 19.6. The van der Waals surface area contributed by atoms with Gasteiger partial charge in [-0.05, 0) is 40.8 Å². The van der Waals surface area contributed by atoms with E-state index in [4.69, 9.17) is 4.42 Å². The molecule has 1 heterocycles. The van der Waals surface area contributed by atoms with Crippen LogP contribution in [0, 0.1) is 5.92 Å². The van der Waals surface area contributed by atoms with Gasteiger partial charge in [0, 0.05) is 0 Å². The standard InChI is InChI=1S/C12H17BrO2/c13-10-7-8-15-12(10)11(14)6-5-9-3-1-2-4-9/h7-9,11,14H,1-6H2. The van der Waals surface area contributed by atoms with Crippen molar-refractivity contribution in [2.75, 3.05) is 0 Å². The van der Waals surface area contributed by atoms with Crippen molar-refractivity contribution in [3.8, 4) is 0 Å². The molecule has 1 saturated carbocycles. The molecule has 0 bridgehead atoms. The van der Waals surface area contributed by atoms with Gasteiger partial charge in [-0.2, -0.15) is 0 Å². The van der Waals surface area contributed by atoms with Crippen LogP contribution in [0.15, 0.2) is 21.2 Å². The molecule has 15 heavy (non-hydrogen) atoms. The highest BCUT2D eigenvalue weighted by atomic mass is 79.9. The molecule has 1 aromatic heterocycles. The summed E-state index contributed by atoms with van der Waals surface area (Å²) in [5.74, 6) is 1.50. The van der Waals surface area contributed by atoms with E-state index in [9.17, 15) is 5.11 Å². The third-order valence-corrected chi connectivity index (χ3v) is 3.93. The quantitative estimate of drug-likeness (QED) is 0.897. The van der Waals surface area contributed by atoms with Crippen LogP contribution >= 0.6 is 15.9 Å².